The van der Waals surface area contributed by atoms with Crippen LogP contribution in [0.5, 0.6) is 0 Å². The van der Waals surface area contributed by atoms with E-state index in [-0.39, 0.29) is 22.1 Å². The van der Waals surface area contributed by atoms with Crippen LogP contribution in [0.4, 0.5) is 5.82 Å². The van der Waals surface area contributed by atoms with Crippen molar-refractivity contribution in [3.8, 4) is 0 Å². The lowest BCUT2D eigenvalue weighted by Crippen LogP contribution is -2.20. The lowest BCUT2D eigenvalue weighted by atomic mass is 10.2. The summed E-state index contributed by atoms with van der Waals surface area (Å²) in [5, 5.41) is 2.75. The summed E-state index contributed by atoms with van der Waals surface area (Å²) < 4.78 is 1.37. The van der Waals surface area contributed by atoms with E-state index in [0.29, 0.717) is 0 Å². The molecule has 1 amide bonds. The Hall–Kier alpha value is -2.21. The van der Waals surface area contributed by atoms with Crippen LogP contribution in [0.1, 0.15) is 10.4 Å². The lowest BCUT2D eigenvalue weighted by Gasteiger charge is -2.04. The van der Waals surface area contributed by atoms with Crippen LogP contribution in [-0.4, -0.2) is 20.4 Å². The summed E-state index contributed by atoms with van der Waals surface area (Å²) in [4.78, 5) is 30.7. The molecule has 0 saturated heterocycles. The molecule has 7 heteroatoms. The fraction of sp³-hybridized carbons (Fsp3) is 0.0909. The number of aromatic nitrogens is 3. The standard InChI is InChI=1S/C11H9ClN4O2/c1-16-3-2-7(4-10(16)17)11(18)15-9-5-8(12)13-6-14-9/h2-6H,1H3,(H,13,14,15,18). The van der Waals surface area contributed by atoms with Crippen molar-refractivity contribution >= 4 is 23.3 Å². The van der Waals surface area contributed by atoms with Crippen molar-refractivity contribution in [1.29, 1.82) is 0 Å². The molecule has 18 heavy (non-hydrogen) atoms. The van der Waals surface area contributed by atoms with Crippen molar-refractivity contribution < 1.29 is 4.79 Å². The first-order chi connectivity index (χ1) is 8.56. The highest BCUT2D eigenvalue weighted by Crippen LogP contribution is 2.09. The van der Waals surface area contributed by atoms with Gasteiger partial charge in [-0.05, 0) is 6.07 Å². The van der Waals surface area contributed by atoms with E-state index in [4.69, 9.17) is 11.6 Å². The molecule has 2 aromatic rings. The Morgan fingerprint density at radius 1 is 1.39 bits per heavy atom. The van der Waals surface area contributed by atoms with Gasteiger partial charge in [-0.2, -0.15) is 0 Å². The van der Waals surface area contributed by atoms with Gasteiger partial charge in [0, 0.05) is 30.9 Å². The van der Waals surface area contributed by atoms with Crippen LogP contribution in [0.25, 0.3) is 0 Å². The van der Waals surface area contributed by atoms with Crippen molar-refractivity contribution in [2.45, 2.75) is 0 Å². The van der Waals surface area contributed by atoms with Crippen molar-refractivity contribution in [3.63, 3.8) is 0 Å². The predicted molar refractivity (Wildman–Crippen MR) is 66.7 cm³/mol. The Morgan fingerprint density at radius 3 is 2.83 bits per heavy atom. The topological polar surface area (TPSA) is 76.9 Å². The first kappa shape index (κ1) is 12.3. The number of hydrogen-bond donors (Lipinski definition) is 1. The fourth-order valence-electron chi connectivity index (χ4n) is 1.28. The molecular weight excluding hydrogens is 256 g/mol. The summed E-state index contributed by atoms with van der Waals surface area (Å²) in [6.07, 6.45) is 2.76. The van der Waals surface area contributed by atoms with E-state index in [0.717, 1.165) is 0 Å². The molecule has 0 saturated carbocycles. The summed E-state index contributed by atoms with van der Waals surface area (Å²) in [6.45, 7) is 0. The molecule has 92 valence electrons. The number of carbonyl (C=O) groups excluding carboxylic acids is 1. The largest absolute Gasteiger partial charge is 0.319 e. The van der Waals surface area contributed by atoms with Gasteiger partial charge in [0.2, 0.25) is 0 Å². The second kappa shape index (κ2) is 4.97. The Labute approximate surface area is 107 Å². The summed E-state index contributed by atoms with van der Waals surface area (Å²) >= 11 is 5.66. The molecule has 0 spiro atoms. The van der Waals surface area contributed by atoms with E-state index in [1.165, 1.54) is 29.2 Å². The zero-order valence-corrected chi connectivity index (χ0v) is 10.2. The molecule has 6 nitrogen and oxygen atoms in total. The van der Waals surface area contributed by atoms with Gasteiger partial charge in [-0.3, -0.25) is 9.59 Å². The van der Waals surface area contributed by atoms with Gasteiger partial charge in [-0.15, -0.1) is 0 Å². The van der Waals surface area contributed by atoms with Crippen molar-refractivity contribution in [1.82, 2.24) is 14.5 Å². The van der Waals surface area contributed by atoms with Crippen LogP contribution >= 0.6 is 11.6 Å². The van der Waals surface area contributed by atoms with E-state index in [2.05, 4.69) is 15.3 Å². The molecular formula is C11H9ClN4O2. The average molecular weight is 265 g/mol. The van der Waals surface area contributed by atoms with Gasteiger partial charge < -0.3 is 9.88 Å². The highest BCUT2D eigenvalue weighted by atomic mass is 35.5. The smallest absolute Gasteiger partial charge is 0.257 e. The molecule has 0 bridgehead atoms. The number of anilines is 1. The van der Waals surface area contributed by atoms with Gasteiger partial charge in [0.15, 0.2) is 0 Å². The quantitative estimate of drug-likeness (QED) is 0.824. The van der Waals surface area contributed by atoms with Crippen molar-refractivity contribution in [2.75, 3.05) is 5.32 Å². The molecule has 0 fully saturated rings. The second-order valence-electron chi connectivity index (χ2n) is 3.54. The number of nitrogens with one attached hydrogen (secondary N) is 1. The average Bonchev–Trinajstić information content (AvgIpc) is 2.32. The number of carbonyl (C=O) groups is 1. The molecule has 0 aromatic carbocycles. The van der Waals surface area contributed by atoms with E-state index in [9.17, 15) is 9.59 Å². The predicted octanol–water partition coefficient (Wildman–Crippen LogP) is 1.08. The minimum absolute atomic E-state index is 0.226. The van der Waals surface area contributed by atoms with Crippen LogP contribution in [0.15, 0.2) is 35.5 Å². The van der Waals surface area contributed by atoms with Crippen LogP contribution < -0.4 is 10.9 Å². The third-order valence-electron chi connectivity index (χ3n) is 2.24. The van der Waals surface area contributed by atoms with E-state index >= 15 is 0 Å². The normalized spacial score (nSPS) is 10.1. The highest BCUT2D eigenvalue weighted by Gasteiger charge is 2.08. The van der Waals surface area contributed by atoms with E-state index in [1.54, 1.807) is 13.1 Å². The molecule has 0 aliphatic heterocycles. The molecule has 0 atom stereocenters. The molecule has 0 radical (unpaired) electrons. The monoisotopic (exact) mass is 264 g/mol. The first-order valence-electron chi connectivity index (χ1n) is 5.02. The highest BCUT2D eigenvalue weighted by molar-refractivity contribution is 6.29. The maximum atomic E-state index is 11.8. The molecule has 1 N–H and O–H groups in total. The zero-order chi connectivity index (χ0) is 13.1. The third kappa shape index (κ3) is 2.72. The van der Waals surface area contributed by atoms with E-state index in [1.807, 2.05) is 0 Å². The number of pyridine rings is 1. The number of amides is 1. The molecule has 0 unspecified atom stereocenters. The minimum atomic E-state index is -0.428. The molecule has 0 aliphatic rings. The second-order valence-corrected chi connectivity index (χ2v) is 3.93. The molecule has 2 rings (SSSR count). The van der Waals surface area contributed by atoms with Crippen LogP contribution in [0, 0.1) is 0 Å². The van der Waals surface area contributed by atoms with Gasteiger partial charge in [-0.25, -0.2) is 9.97 Å². The maximum Gasteiger partial charge on any atom is 0.257 e. The van der Waals surface area contributed by atoms with E-state index < -0.39 is 5.91 Å². The third-order valence-corrected chi connectivity index (χ3v) is 2.45. The molecule has 2 aromatic heterocycles. The minimum Gasteiger partial charge on any atom is -0.319 e. The summed E-state index contributed by atoms with van der Waals surface area (Å²) in [5.41, 5.74) is -0.00351. The van der Waals surface area contributed by atoms with Gasteiger partial charge in [-0.1, -0.05) is 11.6 Å². The summed E-state index contributed by atoms with van der Waals surface area (Å²) in [6, 6.07) is 4.21. The number of rotatable bonds is 2. The number of nitrogens with zero attached hydrogens (tertiary/aromatic N) is 3. The number of halogens is 1. The Morgan fingerprint density at radius 2 is 2.17 bits per heavy atom. The Kier molecular flexibility index (Phi) is 3.38. The molecule has 2 heterocycles. The van der Waals surface area contributed by atoms with Gasteiger partial charge >= 0.3 is 0 Å². The summed E-state index contributed by atoms with van der Waals surface area (Å²) in [7, 11) is 1.61. The zero-order valence-electron chi connectivity index (χ0n) is 9.42. The van der Waals surface area contributed by atoms with Crippen molar-refractivity contribution in [3.05, 3.63) is 51.8 Å². The SMILES string of the molecule is Cn1ccc(C(=O)Nc2cc(Cl)ncn2)cc1=O. The first-order valence-corrected chi connectivity index (χ1v) is 5.39. The fourth-order valence-corrected chi connectivity index (χ4v) is 1.43. The number of aryl methyl sites for hydroxylation is 1. The Balaban J connectivity index is 2.22. The lowest BCUT2D eigenvalue weighted by molar-refractivity contribution is 0.102. The van der Waals surface area contributed by atoms with Gasteiger partial charge in [0.25, 0.3) is 11.5 Å². The van der Waals surface area contributed by atoms with Crippen molar-refractivity contribution in [2.24, 2.45) is 7.05 Å². The van der Waals surface area contributed by atoms with Crippen LogP contribution in [-0.2, 0) is 7.05 Å². The maximum absolute atomic E-state index is 11.8. The van der Waals surface area contributed by atoms with Gasteiger partial charge in [0.05, 0.1) is 0 Å². The van der Waals surface area contributed by atoms with Gasteiger partial charge in [0.1, 0.15) is 17.3 Å². The Bertz CT molecular complexity index is 653. The van der Waals surface area contributed by atoms with Crippen LogP contribution in [0.3, 0.4) is 0 Å². The van der Waals surface area contributed by atoms with Crippen LogP contribution in [0.2, 0.25) is 5.15 Å². The number of hydrogen-bond acceptors (Lipinski definition) is 4. The molecule has 0 aliphatic carbocycles. The summed E-state index contributed by atoms with van der Waals surface area (Å²) in [5.74, 6) is -0.150.